The monoisotopic (exact) mass is 187 g/mol. The lowest BCUT2D eigenvalue weighted by molar-refractivity contribution is -0.113. The Morgan fingerprint density at radius 1 is 1.43 bits per heavy atom. The fourth-order valence-corrected chi connectivity index (χ4v) is 1.93. The van der Waals surface area contributed by atoms with E-state index in [1.54, 1.807) is 6.08 Å². The first-order chi connectivity index (χ1) is 6.66. The molecule has 2 N–H and O–H groups in total. The van der Waals surface area contributed by atoms with Crippen molar-refractivity contribution in [2.45, 2.75) is 19.8 Å². The zero-order chi connectivity index (χ0) is 10.1. The van der Waals surface area contributed by atoms with Gasteiger partial charge in [-0.05, 0) is 36.5 Å². The van der Waals surface area contributed by atoms with E-state index < -0.39 is 0 Å². The number of allylic oxidation sites excluding steroid dienone is 1. The van der Waals surface area contributed by atoms with E-state index >= 15 is 0 Å². The number of amides is 1. The number of primary amides is 1. The average molecular weight is 187 g/mol. The predicted octanol–water partition coefficient (Wildman–Crippen LogP) is 1.81. The average Bonchev–Trinajstić information content (AvgIpc) is 2.47. The van der Waals surface area contributed by atoms with Gasteiger partial charge in [0.2, 0.25) is 5.91 Å². The fourth-order valence-electron chi connectivity index (χ4n) is 1.93. The number of carbonyl (C=O) groups excluding carboxylic acids is 1. The zero-order valence-corrected chi connectivity index (χ0v) is 8.21. The molecule has 1 aromatic rings. The summed E-state index contributed by atoms with van der Waals surface area (Å²) < 4.78 is 0. The first-order valence-electron chi connectivity index (χ1n) is 4.77. The van der Waals surface area contributed by atoms with Gasteiger partial charge in [0.25, 0.3) is 0 Å². The van der Waals surface area contributed by atoms with E-state index in [0.29, 0.717) is 0 Å². The Bertz CT molecular complexity index is 418. The quantitative estimate of drug-likeness (QED) is 0.669. The molecule has 72 valence electrons. The molecule has 2 nitrogen and oxygen atoms in total. The topological polar surface area (TPSA) is 43.1 Å². The van der Waals surface area contributed by atoms with Crippen LogP contribution in [0.2, 0.25) is 0 Å². The Morgan fingerprint density at radius 2 is 2.21 bits per heavy atom. The van der Waals surface area contributed by atoms with Crippen LogP contribution in [0.4, 0.5) is 0 Å². The number of nitrogens with two attached hydrogens (primary N) is 1. The van der Waals surface area contributed by atoms with Crippen LogP contribution >= 0.6 is 0 Å². The summed E-state index contributed by atoms with van der Waals surface area (Å²) in [6.07, 6.45) is 3.50. The second-order valence-corrected chi connectivity index (χ2v) is 3.73. The van der Waals surface area contributed by atoms with E-state index in [1.165, 1.54) is 16.7 Å². The Hall–Kier alpha value is -1.57. The standard InChI is InChI=1S/C12H13NO/c1-8-2-3-9-4-5-10(7-12(13)14)11(9)6-8/h2-3,6-7H,4-5H2,1H3,(H2,13,14). The van der Waals surface area contributed by atoms with Gasteiger partial charge < -0.3 is 5.73 Å². The van der Waals surface area contributed by atoms with Crippen LogP contribution in [-0.4, -0.2) is 5.91 Å². The van der Waals surface area contributed by atoms with Gasteiger partial charge in [0.15, 0.2) is 0 Å². The molecule has 0 atom stereocenters. The molecule has 14 heavy (non-hydrogen) atoms. The molecule has 0 heterocycles. The van der Waals surface area contributed by atoms with Crippen LogP contribution in [-0.2, 0) is 11.2 Å². The Labute approximate surface area is 83.4 Å². The molecule has 0 fully saturated rings. The van der Waals surface area contributed by atoms with Gasteiger partial charge in [-0.3, -0.25) is 4.79 Å². The van der Waals surface area contributed by atoms with Crippen molar-refractivity contribution in [2.75, 3.05) is 0 Å². The summed E-state index contributed by atoms with van der Waals surface area (Å²) in [7, 11) is 0. The normalized spacial score (nSPS) is 17.1. The van der Waals surface area contributed by atoms with Crippen molar-refractivity contribution in [3.63, 3.8) is 0 Å². The number of rotatable bonds is 1. The van der Waals surface area contributed by atoms with Crippen molar-refractivity contribution < 1.29 is 4.79 Å². The maximum Gasteiger partial charge on any atom is 0.241 e. The van der Waals surface area contributed by atoms with Crippen molar-refractivity contribution in [1.29, 1.82) is 0 Å². The number of benzene rings is 1. The summed E-state index contributed by atoms with van der Waals surface area (Å²) in [6.45, 7) is 2.06. The molecule has 0 aliphatic heterocycles. The Kier molecular flexibility index (Phi) is 2.12. The van der Waals surface area contributed by atoms with Crippen LogP contribution in [0.3, 0.4) is 0 Å². The van der Waals surface area contributed by atoms with E-state index in [2.05, 4.69) is 25.1 Å². The highest BCUT2D eigenvalue weighted by Gasteiger charge is 2.16. The number of carbonyl (C=O) groups is 1. The molecule has 1 amide bonds. The summed E-state index contributed by atoms with van der Waals surface area (Å²) >= 11 is 0. The molecule has 0 saturated carbocycles. The lowest BCUT2D eigenvalue weighted by Gasteiger charge is -2.01. The molecule has 1 aromatic carbocycles. The smallest absolute Gasteiger partial charge is 0.241 e. The molecule has 0 unspecified atom stereocenters. The summed E-state index contributed by atoms with van der Waals surface area (Å²) in [6, 6.07) is 6.36. The molecule has 0 aromatic heterocycles. The number of aryl methyl sites for hydroxylation is 2. The lowest BCUT2D eigenvalue weighted by atomic mass is 10.0. The highest BCUT2D eigenvalue weighted by Crippen LogP contribution is 2.32. The fraction of sp³-hybridized carbons (Fsp3) is 0.250. The third kappa shape index (κ3) is 1.55. The third-order valence-corrected chi connectivity index (χ3v) is 2.59. The lowest BCUT2D eigenvalue weighted by Crippen LogP contribution is -2.06. The molecule has 2 heteroatoms. The largest absolute Gasteiger partial charge is 0.366 e. The second kappa shape index (κ2) is 3.29. The van der Waals surface area contributed by atoms with Crippen LogP contribution in [0.5, 0.6) is 0 Å². The second-order valence-electron chi connectivity index (χ2n) is 3.73. The van der Waals surface area contributed by atoms with Crippen LogP contribution < -0.4 is 5.73 Å². The number of hydrogen-bond acceptors (Lipinski definition) is 1. The van der Waals surface area contributed by atoms with Crippen molar-refractivity contribution in [2.24, 2.45) is 5.73 Å². The summed E-state index contributed by atoms with van der Waals surface area (Å²) in [5.74, 6) is -0.352. The van der Waals surface area contributed by atoms with Crippen molar-refractivity contribution in [3.8, 4) is 0 Å². The first-order valence-corrected chi connectivity index (χ1v) is 4.77. The van der Waals surface area contributed by atoms with E-state index in [-0.39, 0.29) is 5.91 Å². The van der Waals surface area contributed by atoms with Crippen LogP contribution in [0.25, 0.3) is 5.57 Å². The minimum Gasteiger partial charge on any atom is -0.366 e. The Morgan fingerprint density at radius 3 is 2.93 bits per heavy atom. The number of fused-ring (bicyclic) bond motifs is 1. The van der Waals surface area contributed by atoms with Crippen LogP contribution in [0.15, 0.2) is 24.3 Å². The molecular weight excluding hydrogens is 174 g/mol. The van der Waals surface area contributed by atoms with E-state index in [9.17, 15) is 4.79 Å². The van der Waals surface area contributed by atoms with Gasteiger partial charge in [0.05, 0.1) is 0 Å². The maximum atomic E-state index is 10.8. The molecule has 0 saturated heterocycles. The molecule has 2 rings (SSSR count). The minimum absolute atomic E-state index is 0.352. The number of hydrogen-bond donors (Lipinski definition) is 1. The van der Waals surface area contributed by atoms with Gasteiger partial charge in [-0.1, -0.05) is 23.8 Å². The summed E-state index contributed by atoms with van der Waals surface area (Å²) in [5.41, 5.74) is 9.98. The maximum absolute atomic E-state index is 10.8. The van der Waals surface area contributed by atoms with Gasteiger partial charge >= 0.3 is 0 Å². The SMILES string of the molecule is Cc1ccc2c(c1)C(=CC(N)=O)CC2. The van der Waals surface area contributed by atoms with Crippen molar-refractivity contribution in [1.82, 2.24) is 0 Å². The van der Waals surface area contributed by atoms with Crippen molar-refractivity contribution in [3.05, 3.63) is 41.0 Å². The molecule has 0 radical (unpaired) electrons. The van der Waals surface area contributed by atoms with Gasteiger partial charge in [-0.15, -0.1) is 0 Å². The Balaban J connectivity index is 2.48. The van der Waals surface area contributed by atoms with Gasteiger partial charge in [0, 0.05) is 6.08 Å². The summed E-state index contributed by atoms with van der Waals surface area (Å²) in [5, 5.41) is 0. The van der Waals surface area contributed by atoms with Gasteiger partial charge in [-0.25, -0.2) is 0 Å². The third-order valence-electron chi connectivity index (χ3n) is 2.59. The van der Waals surface area contributed by atoms with Gasteiger partial charge in [0.1, 0.15) is 0 Å². The molecule has 1 aliphatic carbocycles. The van der Waals surface area contributed by atoms with E-state index in [1.807, 2.05) is 0 Å². The van der Waals surface area contributed by atoms with Crippen LogP contribution in [0.1, 0.15) is 23.1 Å². The van der Waals surface area contributed by atoms with Crippen LogP contribution in [0, 0.1) is 6.92 Å². The highest BCUT2D eigenvalue weighted by atomic mass is 16.1. The molecule has 0 bridgehead atoms. The highest BCUT2D eigenvalue weighted by molar-refractivity contribution is 5.95. The molecule has 1 aliphatic rings. The minimum atomic E-state index is -0.352. The zero-order valence-electron chi connectivity index (χ0n) is 8.21. The first kappa shape index (κ1) is 9.00. The predicted molar refractivity (Wildman–Crippen MR) is 56.7 cm³/mol. The molecular formula is C12H13NO. The summed E-state index contributed by atoms with van der Waals surface area (Å²) in [4.78, 5) is 10.8. The van der Waals surface area contributed by atoms with E-state index in [0.717, 1.165) is 18.4 Å². The van der Waals surface area contributed by atoms with E-state index in [4.69, 9.17) is 5.73 Å². The van der Waals surface area contributed by atoms with Gasteiger partial charge in [-0.2, -0.15) is 0 Å². The van der Waals surface area contributed by atoms with Crippen molar-refractivity contribution >= 4 is 11.5 Å². The molecule has 0 spiro atoms.